The number of hydrogen-bond acceptors (Lipinski definition) is 12. The lowest BCUT2D eigenvalue weighted by atomic mass is 9.90. The third-order valence-corrected chi connectivity index (χ3v) is 12.6. The van der Waals surface area contributed by atoms with E-state index in [1.54, 1.807) is 13.3 Å². The van der Waals surface area contributed by atoms with Gasteiger partial charge in [-0.3, -0.25) is 19.2 Å². The number of aromatic nitrogens is 2. The number of imide groups is 1. The van der Waals surface area contributed by atoms with Gasteiger partial charge in [-0.15, -0.1) is 0 Å². The molecule has 0 spiro atoms. The van der Waals surface area contributed by atoms with Crippen molar-refractivity contribution in [3.63, 3.8) is 0 Å². The van der Waals surface area contributed by atoms with Crippen LogP contribution < -0.4 is 40.5 Å². The number of fused-ring (bicyclic) bond motifs is 1. The van der Waals surface area contributed by atoms with Crippen LogP contribution in [0, 0.1) is 6.92 Å². The van der Waals surface area contributed by atoms with E-state index < -0.39 is 10.0 Å². The highest BCUT2D eigenvalue weighted by Gasteiger charge is 2.30. The van der Waals surface area contributed by atoms with Crippen LogP contribution in [-0.4, -0.2) is 88.9 Å². The summed E-state index contributed by atoms with van der Waals surface area (Å²) in [5.41, 5.74) is 7.42. The molecule has 16 heteroatoms. The van der Waals surface area contributed by atoms with Crippen LogP contribution in [0.4, 0.5) is 34.5 Å². The molecule has 2 saturated heterocycles. The fraction of sp³-hybridized carbons (Fsp3) is 0.415. The Labute approximate surface area is 342 Å². The molecule has 3 aromatic carbocycles. The number of halogens is 1. The molecule has 1 unspecified atom stereocenters. The second-order valence-electron chi connectivity index (χ2n) is 14.8. The second kappa shape index (κ2) is 17.8. The van der Waals surface area contributed by atoms with E-state index in [9.17, 15) is 18.0 Å². The van der Waals surface area contributed by atoms with Crippen molar-refractivity contribution in [1.29, 1.82) is 0 Å². The molecule has 5 N–H and O–H groups in total. The van der Waals surface area contributed by atoms with Gasteiger partial charge in [-0.05, 0) is 95.9 Å². The zero-order valence-corrected chi connectivity index (χ0v) is 34.9. The minimum atomic E-state index is -3.43. The van der Waals surface area contributed by atoms with Crippen LogP contribution in [0.15, 0.2) is 65.3 Å². The average Bonchev–Trinajstić information content (AvgIpc) is 3.65. The number of nitrogens with zero attached hydrogens (tertiary/aromatic N) is 4. The maximum absolute atomic E-state index is 12.5. The molecule has 0 saturated carbocycles. The summed E-state index contributed by atoms with van der Waals surface area (Å²) in [6.45, 7) is 7.02. The molecule has 0 radical (unpaired) electrons. The summed E-state index contributed by atoms with van der Waals surface area (Å²) in [6, 6.07) is 18.5. The van der Waals surface area contributed by atoms with Gasteiger partial charge in [-0.2, -0.15) is 4.98 Å². The maximum Gasteiger partial charge on any atom is 0.234 e. The SMILES string of the molecule is COc1cc(N2CCC(NCCNCCc3ccc(C4CCC(=O)NC4=O)cc3)CC2)c(C)cc1Nc1ncc(Br)c(Nc2cccc3c2N(S(C)(=O)=O)CC3)n1. The van der Waals surface area contributed by atoms with E-state index in [4.69, 9.17) is 9.72 Å². The first-order chi connectivity index (χ1) is 27.5. The number of benzene rings is 3. The van der Waals surface area contributed by atoms with Crippen molar-refractivity contribution >= 4 is 72.3 Å². The molecule has 302 valence electrons. The third kappa shape index (κ3) is 9.68. The molecule has 2 amide bonds. The zero-order valence-electron chi connectivity index (χ0n) is 32.5. The number of amides is 2. The molecule has 0 aliphatic carbocycles. The minimum Gasteiger partial charge on any atom is -0.494 e. The summed E-state index contributed by atoms with van der Waals surface area (Å²) in [5, 5.41) is 16.4. The van der Waals surface area contributed by atoms with E-state index >= 15 is 0 Å². The zero-order chi connectivity index (χ0) is 40.1. The summed E-state index contributed by atoms with van der Waals surface area (Å²) in [7, 11) is -1.78. The summed E-state index contributed by atoms with van der Waals surface area (Å²) in [4.78, 5) is 35.3. The number of piperidine rings is 2. The van der Waals surface area contributed by atoms with Crippen molar-refractivity contribution < 1.29 is 22.7 Å². The topological polar surface area (TPSA) is 170 Å². The second-order valence-corrected chi connectivity index (χ2v) is 17.6. The number of sulfonamides is 1. The Kier molecular flexibility index (Phi) is 12.6. The van der Waals surface area contributed by atoms with Crippen molar-refractivity contribution in [2.45, 2.75) is 57.4 Å². The summed E-state index contributed by atoms with van der Waals surface area (Å²) >= 11 is 3.55. The monoisotopic (exact) mass is 859 g/mol. The van der Waals surface area contributed by atoms with Gasteiger partial charge >= 0.3 is 0 Å². The van der Waals surface area contributed by atoms with Crippen molar-refractivity contribution in [1.82, 2.24) is 25.9 Å². The highest BCUT2D eigenvalue weighted by molar-refractivity contribution is 9.10. The van der Waals surface area contributed by atoms with E-state index in [2.05, 4.69) is 83.6 Å². The van der Waals surface area contributed by atoms with Gasteiger partial charge < -0.3 is 30.9 Å². The van der Waals surface area contributed by atoms with E-state index in [0.717, 1.165) is 80.1 Å². The smallest absolute Gasteiger partial charge is 0.234 e. The van der Waals surface area contributed by atoms with E-state index in [1.165, 1.54) is 16.1 Å². The standard InChI is InChI=1S/C41H50BrN9O5S/c1-26-23-34(47-41-45-25-32(42)39(49-41)46-33-6-4-5-29-14-22-51(38(29)33)57(3,54)55)36(56-2)24-35(26)50-20-15-30(16-21-50)44-19-18-43-17-13-27-7-9-28(10-8-27)31-11-12-37(52)48-40(31)53/h4-10,23-25,30-31,43-44H,11-22H2,1-3H3,(H,48,52,53)(H2,45,46,47,49). The number of hydrogen-bond donors (Lipinski definition) is 5. The van der Waals surface area contributed by atoms with E-state index in [0.29, 0.717) is 65.2 Å². The molecule has 4 heterocycles. The number of para-hydroxylation sites is 1. The van der Waals surface area contributed by atoms with Crippen molar-refractivity contribution in [2.75, 3.05) is 72.5 Å². The van der Waals surface area contributed by atoms with Crippen LogP contribution >= 0.6 is 15.9 Å². The lowest BCUT2D eigenvalue weighted by Crippen LogP contribution is -2.44. The number of aryl methyl sites for hydroxylation is 1. The molecule has 57 heavy (non-hydrogen) atoms. The number of anilines is 6. The largest absolute Gasteiger partial charge is 0.494 e. The fourth-order valence-electron chi connectivity index (χ4n) is 7.88. The lowest BCUT2D eigenvalue weighted by molar-refractivity contribution is -0.134. The quantitative estimate of drug-likeness (QED) is 0.0777. The van der Waals surface area contributed by atoms with Gasteiger partial charge in [-0.25, -0.2) is 13.4 Å². The van der Waals surface area contributed by atoms with Crippen molar-refractivity contribution in [3.8, 4) is 5.75 Å². The molecule has 3 aliphatic rings. The third-order valence-electron chi connectivity index (χ3n) is 10.9. The number of carbonyl (C=O) groups excluding carboxylic acids is 2. The predicted octanol–water partition coefficient (Wildman–Crippen LogP) is 5.28. The molecule has 1 atom stereocenters. The lowest BCUT2D eigenvalue weighted by Gasteiger charge is -2.35. The van der Waals surface area contributed by atoms with Crippen LogP contribution in [0.25, 0.3) is 0 Å². The Morgan fingerprint density at radius 3 is 2.47 bits per heavy atom. The Balaban J connectivity index is 0.879. The Morgan fingerprint density at radius 1 is 0.947 bits per heavy atom. The molecule has 4 aromatic rings. The summed E-state index contributed by atoms with van der Waals surface area (Å²) in [5.74, 6) is 0.903. The van der Waals surface area contributed by atoms with Gasteiger partial charge in [-0.1, -0.05) is 36.4 Å². The summed E-state index contributed by atoms with van der Waals surface area (Å²) < 4.78 is 33.0. The van der Waals surface area contributed by atoms with Gasteiger partial charge in [0, 0.05) is 63.1 Å². The van der Waals surface area contributed by atoms with E-state index in [1.807, 2.05) is 30.3 Å². The van der Waals surface area contributed by atoms with Gasteiger partial charge in [0.1, 0.15) is 11.6 Å². The molecule has 7 rings (SSSR count). The Bertz CT molecular complexity index is 2210. The molecule has 1 aromatic heterocycles. The van der Waals surface area contributed by atoms with E-state index in [-0.39, 0.29) is 17.7 Å². The Hall–Kier alpha value is -4.77. The van der Waals surface area contributed by atoms with Gasteiger partial charge in [0.25, 0.3) is 0 Å². The van der Waals surface area contributed by atoms with Crippen LogP contribution in [0.2, 0.25) is 0 Å². The number of methoxy groups -OCH3 is 1. The van der Waals surface area contributed by atoms with Gasteiger partial charge in [0.2, 0.25) is 27.8 Å². The van der Waals surface area contributed by atoms with Gasteiger partial charge in [0.15, 0.2) is 0 Å². The first kappa shape index (κ1) is 40.4. The van der Waals surface area contributed by atoms with Crippen LogP contribution in [-0.2, 0) is 32.5 Å². The summed E-state index contributed by atoms with van der Waals surface area (Å²) in [6.07, 6.45) is 7.47. The minimum absolute atomic E-state index is 0.189. The number of carbonyl (C=O) groups is 2. The average molecular weight is 861 g/mol. The number of ether oxygens (including phenoxy) is 1. The Morgan fingerprint density at radius 2 is 1.74 bits per heavy atom. The normalized spacial score (nSPS) is 17.4. The first-order valence-electron chi connectivity index (χ1n) is 19.4. The van der Waals surface area contributed by atoms with Crippen molar-refractivity contribution in [3.05, 3.63) is 87.5 Å². The molecular weight excluding hydrogens is 810 g/mol. The highest BCUT2D eigenvalue weighted by Crippen LogP contribution is 2.40. The maximum atomic E-state index is 12.5. The highest BCUT2D eigenvalue weighted by atomic mass is 79.9. The molecular formula is C41H50BrN9O5S. The molecule has 3 aliphatic heterocycles. The fourth-order valence-corrected chi connectivity index (χ4v) is 9.14. The van der Waals surface area contributed by atoms with Gasteiger partial charge in [0.05, 0.1) is 40.8 Å². The number of nitrogens with one attached hydrogen (secondary N) is 5. The molecule has 0 bridgehead atoms. The molecule has 14 nitrogen and oxygen atoms in total. The molecule has 2 fully saturated rings. The predicted molar refractivity (Wildman–Crippen MR) is 228 cm³/mol. The van der Waals surface area contributed by atoms with Crippen LogP contribution in [0.1, 0.15) is 53.9 Å². The van der Waals surface area contributed by atoms with Crippen LogP contribution in [0.5, 0.6) is 5.75 Å². The van der Waals surface area contributed by atoms with Crippen molar-refractivity contribution in [2.24, 2.45) is 0 Å². The first-order valence-corrected chi connectivity index (χ1v) is 22.1. The number of rotatable bonds is 15. The van der Waals surface area contributed by atoms with Crippen LogP contribution in [0.3, 0.4) is 0 Å².